The molecule has 2 heterocycles. The fraction of sp³-hybridized carbons (Fsp3) is 0.286. The molecule has 110 valence electrons. The van der Waals surface area contributed by atoms with E-state index in [0.717, 1.165) is 18.9 Å². The number of sulfonamides is 1. The molecule has 1 saturated carbocycles. The van der Waals surface area contributed by atoms with Gasteiger partial charge in [-0.25, -0.2) is 17.8 Å². The Kier molecular flexibility index (Phi) is 3.69. The van der Waals surface area contributed by atoms with Crippen LogP contribution in [0.1, 0.15) is 18.5 Å². The van der Waals surface area contributed by atoms with Crippen molar-refractivity contribution >= 4 is 10.0 Å². The number of rotatable bonds is 5. The second kappa shape index (κ2) is 5.50. The van der Waals surface area contributed by atoms with Gasteiger partial charge in [0, 0.05) is 18.4 Å². The van der Waals surface area contributed by atoms with E-state index in [2.05, 4.69) is 9.97 Å². The van der Waals surface area contributed by atoms with Crippen molar-refractivity contribution in [2.75, 3.05) is 0 Å². The molecule has 0 aliphatic heterocycles. The SMILES string of the molecule is O=S(=O)(c1ncccc1F)N(Cc1ccccn1)C1CC1. The van der Waals surface area contributed by atoms with Crippen molar-refractivity contribution in [3.05, 3.63) is 54.2 Å². The van der Waals surface area contributed by atoms with Gasteiger partial charge in [0.1, 0.15) is 0 Å². The van der Waals surface area contributed by atoms with Gasteiger partial charge in [-0.15, -0.1) is 0 Å². The Balaban J connectivity index is 1.96. The van der Waals surface area contributed by atoms with Gasteiger partial charge in [-0.05, 0) is 37.1 Å². The predicted molar refractivity (Wildman–Crippen MR) is 74.2 cm³/mol. The van der Waals surface area contributed by atoms with Crippen LogP contribution in [-0.4, -0.2) is 28.7 Å². The second-order valence-corrected chi connectivity index (χ2v) is 6.70. The zero-order chi connectivity index (χ0) is 14.9. The van der Waals surface area contributed by atoms with Crippen LogP contribution in [-0.2, 0) is 16.6 Å². The molecule has 0 radical (unpaired) electrons. The van der Waals surface area contributed by atoms with Crippen LogP contribution in [0, 0.1) is 5.82 Å². The number of pyridine rings is 2. The first-order valence-electron chi connectivity index (χ1n) is 6.61. The molecule has 0 atom stereocenters. The summed E-state index contributed by atoms with van der Waals surface area (Å²) in [6, 6.07) is 7.68. The Morgan fingerprint density at radius 3 is 2.52 bits per heavy atom. The maximum Gasteiger partial charge on any atom is 0.264 e. The van der Waals surface area contributed by atoms with E-state index in [-0.39, 0.29) is 12.6 Å². The lowest BCUT2D eigenvalue weighted by Crippen LogP contribution is -2.34. The third-order valence-electron chi connectivity index (χ3n) is 3.28. The van der Waals surface area contributed by atoms with Crippen LogP contribution in [0.25, 0.3) is 0 Å². The Morgan fingerprint density at radius 1 is 1.14 bits per heavy atom. The Bertz CT molecular complexity index is 733. The molecule has 0 aromatic carbocycles. The minimum atomic E-state index is -3.96. The highest BCUT2D eigenvalue weighted by Crippen LogP contribution is 2.33. The fourth-order valence-corrected chi connectivity index (χ4v) is 3.73. The molecule has 2 aromatic heterocycles. The lowest BCUT2D eigenvalue weighted by Gasteiger charge is -2.21. The Hall–Kier alpha value is -1.86. The summed E-state index contributed by atoms with van der Waals surface area (Å²) in [6.07, 6.45) is 4.44. The van der Waals surface area contributed by atoms with Crippen LogP contribution in [0.2, 0.25) is 0 Å². The number of aromatic nitrogens is 2. The van der Waals surface area contributed by atoms with E-state index >= 15 is 0 Å². The standard InChI is InChI=1S/C14H14FN3O2S/c15-13-5-3-9-17-14(13)21(19,20)18(12-6-7-12)10-11-4-1-2-8-16-11/h1-5,8-9,12H,6-7,10H2. The van der Waals surface area contributed by atoms with Crippen LogP contribution in [0.5, 0.6) is 0 Å². The van der Waals surface area contributed by atoms with E-state index in [1.807, 2.05) is 0 Å². The van der Waals surface area contributed by atoms with Gasteiger partial charge in [-0.3, -0.25) is 4.98 Å². The van der Waals surface area contributed by atoms with Gasteiger partial charge < -0.3 is 0 Å². The van der Waals surface area contributed by atoms with Gasteiger partial charge in [-0.2, -0.15) is 4.31 Å². The summed E-state index contributed by atoms with van der Waals surface area (Å²) in [6.45, 7) is 0.129. The van der Waals surface area contributed by atoms with Crippen molar-refractivity contribution in [1.29, 1.82) is 0 Å². The number of hydrogen-bond acceptors (Lipinski definition) is 4. The van der Waals surface area contributed by atoms with Gasteiger partial charge in [0.25, 0.3) is 10.0 Å². The van der Waals surface area contributed by atoms with Crippen molar-refractivity contribution < 1.29 is 12.8 Å². The third kappa shape index (κ3) is 2.93. The van der Waals surface area contributed by atoms with Crippen LogP contribution >= 0.6 is 0 Å². The molecule has 7 heteroatoms. The zero-order valence-electron chi connectivity index (χ0n) is 11.2. The van der Waals surface area contributed by atoms with E-state index in [1.165, 1.54) is 16.6 Å². The van der Waals surface area contributed by atoms with Crippen molar-refractivity contribution in [1.82, 2.24) is 14.3 Å². The molecular weight excluding hydrogens is 293 g/mol. The summed E-state index contributed by atoms with van der Waals surface area (Å²) >= 11 is 0. The molecule has 0 N–H and O–H groups in total. The summed E-state index contributed by atoms with van der Waals surface area (Å²) in [7, 11) is -3.96. The summed E-state index contributed by atoms with van der Waals surface area (Å²) in [5, 5.41) is -0.521. The lowest BCUT2D eigenvalue weighted by atomic mass is 10.3. The van der Waals surface area contributed by atoms with Crippen LogP contribution in [0.4, 0.5) is 4.39 Å². The molecule has 0 spiro atoms. The van der Waals surface area contributed by atoms with Crippen molar-refractivity contribution in [2.24, 2.45) is 0 Å². The molecule has 3 rings (SSSR count). The summed E-state index contributed by atoms with van der Waals surface area (Å²) in [5.74, 6) is -0.829. The zero-order valence-corrected chi connectivity index (χ0v) is 12.0. The first-order chi connectivity index (χ1) is 10.1. The van der Waals surface area contributed by atoms with Gasteiger partial charge in [0.2, 0.25) is 5.03 Å². The highest BCUT2D eigenvalue weighted by atomic mass is 32.2. The van der Waals surface area contributed by atoms with Crippen molar-refractivity contribution in [2.45, 2.75) is 30.5 Å². The van der Waals surface area contributed by atoms with E-state index in [1.54, 1.807) is 24.4 Å². The van der Waals surface area contributed by atoms with Crippen LogP contribution in [0.15, 0.2) is 47.8 Å². The third-order valence-corrected chi connectivity index (χ3v) is 5.11. The summed E-state index contributed by atoms with van der Waals surface area (Å²) in [4.78, 5) is 7.84. The second-order valence-electron chi connectivity index (χ2n) is 4.89. The highest BCUT2D eigenvalue weighted by Gasteiger charge is 2.40. The summed E-state index contributed by atoms with van der Waals surface area (Å²) in [5.41, 5.74) is 0.629. The normalized spacial score (nSPS) is 15.3. The minimum absolute atomic E-state index is 0.0987. The van der Waals surface area contributed by atoms with Gasteiger partial charge in [0.15, 0.2) is 5.82 Å². The van der Waals surface area contributed by atoms with Gasteiger partial charge in [0.05, 0.1) is 12.2 Å². The first kappa shape index (κ1) is 14.1. The van der Waals surface area contributed by atoms with Crippen molar-refractivity contribution in [3.8, 4) is 0 Å². The Morgan fingerprint density at radius 2 is 1.90 bits per heavy atom. The minimum Gasteiger partial charge on any atom is -0.260 e. The molecule has 1 aliphatic rings. The van der Waals surface area contributed by atoms with E-state index in [9.17, 15) is 12.8 Å². The number of hydrogen-bond donors (Lipinski definition) is 0. The number of halogens is 1. The average Bonchev–Trinajstić information content (AvgIpc) is 3.30. The van der Waals surface area contributed by atoms with E-state index < -0.39 is 20.9 Å². The molecule has 0 amide bonds. The number of nitrogens with zero attached hydrogens (tertiary/aromatic N) is 3. The smallest absolute Gasteiger partial charge is 0.260 e. The maximum absolute atomic E-state index is 13.8. The van der Waals surface area contributed by atoms with Gasteiger partial charge >= 0.3 is 0 Å². The van der Waals surface area contributed by atoms with E-state index in [4.69, 9.17) is 0 Å². The topological polar surface area (TPSA) is 63.2 Å². The molecule has 0 bridgehead atoms. The Labute approximate surface area is 122 Å². The van der Waals surface area contributed by atoms with Crippen LogP contribution in [0.3, 0.4) is 0 Å². The molecule has 1 aliphatic carbocycles. The van der Waals surface area contributed by atoms with Gasteiger partial charge in [-0.1, -0.05) is 6.07 Å². The fourth-order valence-electron chi connectivity index (χ4n) is 2.10. The molecule has 21 heavy (non-hydrogen) atoms. The molecule has 0 unspecified atom stereocenters. The lowest BCUT2D eigenvalue weighted by molar-refractivity contribution is 0.388. The van der Waals surface area contributed by atoms with E-state index in [0.29, 0.717) is 5.69 Å². The monoisotopic (exact) mass is 307 g/mol. The molecule has 1 fully saturated rings. The predicted octanol–water partition coefficient (Wildman–Crippen LogP) is 1.97. The summed E-state index contributed by atoms with van der Waals surface area (Å²) < 4.78 is 40.3. The molecule has 0 saturated heterocycles. The quantitative estimate of drug-likeness (QED) is 0.847. The first-order valence-corrected chi connectivity index (χ1v) is 8.05. The maximum atomic E-state index is 13.8. The molecule has 2 aromatic rings. The molecule has 5 nitrogen and oxygen atoms in total. The average molecular weight is 307 g/mol. The van der Waals surface area contributed by atoms with Crippen LogP contribution < -0.4 is 0 Å². The molecular formula is C14H14FN3O2S. The largest absolute Gasteiger partial charge is 0.264 e. The van der Waals surface area contributed by atoms with Crippen molar-refractivity contribution in [3.63, 3.8) is 0 Å². The highest BCUT2D eigenvalue weighted by molar-refractivity contribution is 7.89.